The standard InChI is InChI=1S/C18H24Cl2NO4P/c19-15-7-6-13(9-16(15)20)8-14(18(22)23)11-26(24,25)17(21)10-12-4-2-1-3-5-12/h6-9,12,17H,1-5,10-11,21H2,(H,22,23)(H,24,25)/b14-8-. The highest BCUT2D eigenvalue weighted by atomic mass is 35.5. The number of rotatable bonds is 7. The number of carboxylic acids is 1. The summed E-state index contributed by atoms with van der Waals surface area (Å²) in [5.41, 5.74) is 6.32. The second-order valence-electron chi connectivity index (χ2n) is 6.87. The molecule has 0 aliphatic heterocycles. The summed E-state index contributed by atoms with van der Waals surface area (Å²) in [6.07, 6.45) is 6.76. The van der Waals surface area contributed by atoms with Crippen molar-refractivity contribution in [1.82, 2.24) is 0 Å². The lowest BCUT2D eigenvalue weighted by molar-refractivity contribution is -0.132. The van der Waals surface area contributed by atoms with Crippen LogP contribution in [0.15, 0.2) is 23.8 Å². The van der Waals surface area contributed by atoms with Crippen molar-refractivity contribution in [2.45, 2.75) is 44.3 Å². The Labute approximate surface area is 163 Å². The summed E-state index contributed by atoms with van der Waals surface area (Å²) in [6.45, 7) is 0. The van der Waals surface area contributed by atoms with Crippen LogP contribution in [0.2, 0.25) is 10.0 Å². The van der Waals surface area contributed by atoms with Gasteiger partial charge in [0.1, 0.15) is 0 Å². The highest BCUT2D eigenvalue weighted by Gasteiger charge is 2.32. The van der Waals surface area contributed by atoms with E-state index in [1.165, 1.54) is 18.6 Å². The fourth-order valence-electron chi connectivity index (χ4n) is 3.27. The van der Waals surface area contributed by atoms with E-state index in [4.69, 9.17) is 28.9 Å². The number of hydrogen-bond donors (Lipinski definition) is 3. The Hall–Kier alpha value is -0.840. The van der Waals surface area contributed by atoms with Crippen molar-refractivity contribution < 1.29 is 19.4 Å². The van der Waals surface area contributed by atoms with Gasteiger partial charge < -0.3 is 15.7 Å². The maximum Gasteiger partial charge on any atom is 0.332 e. The van der Waals surface area contributed by atoms with E-state index >= 15 is 0 Å². The quantitative estimate of drug-likeness (QED) is 0.426. The average molecular weight is 420 g/mol. The molecule has 8 heteroatoms. The molecule has 1 aromatic carbocycles. The van der Waals surface area contributed by atoms with Crippen molar-refractivity contribution in [2.75, 3.05) is 6.16 Å². The molecule has 0 aromatic heterocycles. The molecule has 1 aliphatic rings. The molecule has 4 N–H and O–H groups in total. The topological polar surface area (TPSA) is 101 Å². The van der Waals surface area contributed by atoms with Gasteiger partial charge in [-0.1, -0.05) is 61.4 Å². The molecule has 1 saturated carbocycles. The first kappa shape index (κ1) is 21.5. The first-order chi connectivity index (χ1) is 12.2. The lowest BCUT2D eigenvalue weighted by Gasteiger charge is -2.27. The van der Waals surface area contributed by atoms with Crippen molar-refractivity contribution in [2.24, 2.45) is 11.7 Å². The molecule has 2 atom stereocenters. The fraction of sp³-hybridized carbons (Fsp3) is 0.500. The molecule has 0 heterocycles. The molecule has 144 valence electrons. The van der Waals surface area contributed by atoms with Gasteiger partial charge in [0.15, 0.2) is 0 Å². The molecule has 0 spiro atoms. The zero-order chi connectivity index (χ0) is 19.3. The highest BCUT2D eigenvalue weighted by Crippen LogP contribution is 2.49. The summed E-state index contributed by atoms with van der Waals surface area (Å²) < 4.78 is 12.7. The van der Waals surface area contributed by atoms with E-state index in [1.54, 1.807) is 12.1 Å². The minimum Gasteiger partial charge on any atom is -0.478 e. The molecule has 1 aromatic rings. The second kappa shape index (κ2) is 9.38. The third kappa shape index (κ3) is 6.11. The van der Waals surface area contributed by atoms with Crippen LogP contribution in [0.25, 0.3) is 6.08 Å². The lowest BCUT2D eigenvalue weighted by Crippen LogP contribution is -2.27. The second-order valence-corrected chi connectivity index (χ2v) is 10.2. The number of benzene rings is 1. The Balaban J connectivity index is 2.13. The van der Waals surface area contributed by atoms with Crippen LogP contribution in [0.1, 0.15) is 44.1 Å². The molecule has 1 fully saturated rings. The summed E-state index contributed by atoms with van der Waals surface area (Å²) in [5.74, 6) is -1.83. The molecule has 1 aliphatic carbocycles. The van der Waals surface area contributed by atoms with Gasteiger partial charge in [0, 0.05) is 5.57 Å². The van der Waals surface area contributed by atoms with Gasteiger partial charge in [0.05, 0.1) is 22.0 Å². The maximum atomic E-state index is 12.7. The zero-order valence-electron chi connectivity index (χ0n) is 14.4. The Kier molecular flexibility index (Phi) is 7.75. The summed E-state index contributed by atoms with van der Waals surface area (Å²) in [6, 6.07) is 4.65. The number of nitrogens with two attached hydrogens (primary N) is 1. The van der Waals surface area contributed by atoms with E-state index in [9.17, 15) is 19.4 Å². The Bertz CT molecular complexity index is 732. The zero-order valence-corrected chi connectivity index (χ0v) is 16.8. The van der Waals surface area contributed by atoms with Crippen molar-refractivity contribution in [3.05, 3.63) is 39.4 Å². The summed E-state index contributed by atoms with van der Waals surface area (Å²) in [7, 11) is -3.85. The minimum atomic E-state index is -3.85. The van der Waals surface area contributed by atoms with Crippen LogP contribution in [-0.2, 0) is 9.36 Å². The minimum absolute atomic E-state index is 0.173. The van der Waals surface area contributed by atoms with E-state index in [0.717, 1.165) is 25.7 Å². The Morgan fingerprint density at radius 2 is 1.92 bits per heavy atom. The molecule has 0 bridgehead atoms. The summed E-state index contributed by atoms with van der Waals surface area (Å²) >= 11 is 11.8. The molecular formula is C18H24Cl2NO4P. The Morgan fingerprint density at radius 3 is 2.50 bits per heavy atom. The first-order valence-electron chi connectivity index (χ1n) is 8.65. The average Bonchev–Trinajstić information content (AvgIpc) is 2.58. The van der Waals surface area contributed by atoms with Crippen LogP contribution >= 0.6 is 30.6 Å². The van der Waals surface area contributed by atoms with E-state index in [-0.39, 0.29) is 10.6 Å². The van der Waals surface area contributed by atoms with Crippen LogP contribution < -0.4 is 5.73 Å². The van der Waals surface area contributed by atoms with E-state index in [1.807, 2.05) is 0 Å². The van der Waals surface area contributed by atoms with Gasteiger partial charge in [-0.15, -0.1) is 0 Å². The van der Waals surface area contributed by atoms with Gasteiger partial charge in [-0.05, 0) is 36.1 Å². The van der Waals surface area contributed by atoms with Crippen molar-refractivity contribution in [1.29, 1.82) is 0 Å². The SMILES string of the molecule is NC(CC1CCCCC1)P(=O)(O)C/C(=C/c1ccc(Cl)c(Cl)c1)C(=O)O. The smallest absolute Gasteiger partial charge is 0.332 e. The van der Waals surface area contributed by atoms with Crippen molar-refractivity contribution >= 4 is 42.6 Å². The normalized spacial score (nSPS) is 19.8. The monoisotopic (exact) mass is 419 g/mol. The third-order valence-corrected chi connectivity index (χ3v) is 7.55. The molecule has 2 unspecified atom stereocenters. The molecule has 0 saturated heterocycles. The van der Waals surface area contributed by atoms with Crippen LogP contribution in [0, 0.1) is 5.92 Å². The van der Waals surface area contributed by atoms with Gasteiger partial charge in [0.25, 0.3) is 0 Å². The molecule has 26 heavy (non-hydrogen) atoms. The van der Waals surface area contributed by atoms with E-state index in [0.29, 0.717) is 22.9 Å². The van der Waals surface area contributed by atoms with Crippen LogP contribution in [0.5, 0.6) is 0 Å². The van der Waals surface area contributed by atoms with Crippen molar-refractivity contribution in [3.63, 3.8) is 0 Å². The largest absolute Gasteiger partial charge is 0.478 e. The van der Waals surface area contributed by atoms with Crippen LogP contribution in [0.3, 0.4) is 0 Å². The third-order valence-electron chi connectivity index (χ3n) is 4.77. The first-order valence-corrected chi connectivity index (χ1v) is 11.3. The predicted octanol–water partition coefficient (Wildman–Crippen LogP) is 4.99. The van der Waals surface area contributed by atoms with Gasteiger partial charge in [-0.2, -0.15) is 0 Å². The number of hydrogen-bond acceptors (Lipinski definition) is 3. The summed E-state index contributed by atoms with van der Waals surface area (Å²) in [4.78, 5) is 21.9. The predicted molar refractivity (Wildman–Crippen MR) is 106 cm³/mol. The van der Waals surface area contributed by atoms with Crippen molar-refractivity contribution in [3.8, 4) is 0 Å². The van der Waals surface area contributed by atoms with Crippen LogP contribution in [-0.4, -0.2) is 27.9 Å². The summed E-state index contributed by atoms with van der Waals surface area (Å²) in [5, 5.41) is 10.1. The molecule has 0 amide bonds. The number of halogens is 2. The van der Waals surface area contributed by atoms with Gasteiger partial charge in [0.2, 0.25) is 7.37 Å². The van der Waals surface area contributed by atoms with Gasteiger partial charge in [-0.3, -0.25) is 4.57 Å². The highest BCUT2D eigenvalue weighted by molar-refractivity contribution is 7.59. The number of aliphatic carboxylic acids is 1. The Morgan fingerprint density at radius 1 is 1.27 bits per heavy atom. The van der Waals surface area contributed by atoms with E-state index < -0.39 is 25.3 Å². The van der Waals surface area contributed by atoms with Gasteiger partial charge >= 0.3 is 5.97 Å². The van der Waals surface area contributed by atoms with E-state index in [2.05, 4.69) is 0 Å². The van der Waals surface area contributed by atoms with Gasteiger partial charge in [-0.25, -0.2) is 4.79 Å². The molecule has 5 nitrogen and oxygen atoms in total. The number of carbonyl (C=O) groups is 1. The van der Waals surface area contributed by atoms with Crippen LogP contribution in [0.4, 0.5) is 0 Å². The molecule has 0 radical (unpaired) electrons. The molecular weight excluding hydrogens is 396 g/mol. The lowest BCUT2D eigenvalue weighted by atomic mass is 9.87. The fourth-order valence-corrected chi connectivity index (χ4v) is 5.15. The number of carboxylic acid groups (broad SMARTS) is 1. The maximum absolute atomic E-state index is 12.7. The molecule has 2 rings (SSSR count).